The van der Waals surface area contributed by atoms with E-state index in [1.807, 2.05) is 0 Å². The molecule has 0 spiro atoms. The Morgan fingerprint density at radius 3 is 2.67 bits per heavy atom. The van der Waals surface area contributed by atoms with Crippen LogP contribution in [0, 0.1) is 12.7 Å². The molecule has 1 aromatic carbocycles. The molecular formula is C17H21FN2O4. The Morgan fingerprint density at radius 1 is 1.29 bits per heavy atom. The molecule has 130 valence electrons. The van der Waals surface area contributed by atoms with E-state index >= 15 is 0 Å². The number of esters is 1. The van der Waals surface area contributed by atoms with Gasteiger partial charge in [0.1, 0.15) is 23.7 Å². The standard InChI is InChI=1S/C17H21FN2O4/c1-10-12-9-11(18)5-6-13(12)20-14(10)15(21)23-8-7-19-16(22)24-17(2,3)4/h5-6,9,20H,7-8H2,1-4H3,(H,19,22). The molecule has 0 aliphatic carbocycles. The van der Waals surface area contributed by atoms with Gasteiger partial charge in [-0.05, 0) is 51.5 Å². The number of benzene rings is 1. The van der Waals surface area contributed by atoms with Crippen molar-refractivity contribution in [2.24, 2.45) is 0 Å². The first-order valence-electron chi connectivity index (χ1n) is 7.59. The van der Waals surface area contributed by atoms with E-state index in [9.17, 15) is 14.0 Å². The molecule has 1 heterocycles. The van der Waals surface area contributed by atoms with Gasteiger partial charge < -0.3 is 19.8 Å². The van der Waals surface area contributed by atoms with Gasteiger partial charge in [-0.3, -0.25) is 0 Å². The fourth-order valence-electron chi connectivity index (χ4n) is 2.19. The lowest BCUT2D eigenvalue weighted by atomic mass is 10.1. The maximum Gasteiger partial charge on any atom is 0.407 e. The number of ether oxygens (including phenoxy) is 2. The Balaban J connectivity index is 1.89. The van der Waals surface area contributed by atoms with Crippen molar-refractivity contribution in [1.82, 2.24) is 10.3 Å². The minimum absolute atomic E-state index is 0.00123. The van der Waals surface area contributed by atoms with Gasteiger partial charge in [0.2, 0.25) is 0 Å². The number of hydrogen-bond donors (Lipinski definition) is 2. The highest BCUT2D eigenvalue weighted by molar-refractivity contribution is 5.98. The number of alkyl carbamates (subject to hydrolysis) is 1. The molecule has 24 heavy (non-hydrogen) atoms. The van der Waals surface area contributed by atoms with Crippen LogP contribution in [-0.4, -0.2) is 35.8 Å². The van der Waals surface area contributed by atoms with Crippen molar-refractivity contribution in [3.05, 3.63) is 35.3 Å². The van der Waals surface area contributed by atoms with Crippen molar-refractivity contribution in [3.8, 4) is 0 Å². The topological polar surface area (TPSA) is 80.4 Å². The van der Waals surface area contributed by atoms with Crippen molar-refractivity contribution in [2.45, 2.75) is 33.3 Å². The third-order valence-electron chi connectivity index (χ3n) is 3.23. The predicted octanol–water partition coefficient (Wildman–Crippen LogP) is 3.30. The molecule has 1 aromatic heterocycles. The van der Waals surface area contributed by atoms with E-state index < -0.39 is 17.7 Å². The van der Waals surface area contributed by atoms with Gasteiger partial charge in [-0.1, -0.05) is 0 Å². The molecule has 0 fully saturated rings. The van der Waals surface area contributed by atoms with Gasteiger partial charge in [0, 0.05) is 10.9 Å². The van der Waals surface area contributed by atoms with Gasteiger partial charge in [0.15, 0.2) is 0 Å². The van der Waals surface area contributed by atoms with Crippen LogP contribution >= 0.6 is 0 Å². The number of hydrogen-bond acceptors (Lipinski definition) is 4. The monoisotopic (exact) mass is 336 g/mol. The van der Waals surface area contributed by atoms with E-state index in [1.165, 1.54) is 12.1 Å². The SMILES string of the molecule is Cc1c(C(=O)OCCNC(=O)OC(C)(C)C)[nH]c2ccc(F)cc12. The minimum Gasteiger partial charge on any atom is -0.459 e. The van der Waals surface area contributed by atoms with Crippen LogP contribution in [0.3, 0.4) is 0 Å². The highest BCUT2D eigenvalue weighted by Crippen LogP contribution is 2.23. The van der Waals surface area contributed by atoms with Crippen LogP contribution in [0.1, 0.15) is 36.8 Å². The Hall–Kier alpha value is -2.57. The number of rotatable bonds is 4. The van der Waals surface area contributed by atoms with E-state index in [4.69, 9.17) is 9.47 Å². The highest BCUT2D eigenvalue weighted by atomic mass is 19.1. The Bertz CT molecular complexity index is 762. The van der Waals surface area contributed by atoms with Gasteiger partial charge in [-0.25, -0.2) is 14.0 Å². The molecule has 2 N–H and O–H groups in total. The zero-order valence-corrected chi connectivity index (χ0v) is 14.2. The average Bonchev–Trinajstić information content (AvgIpc) is 2.79. The summed E-state index contributed by atoms with van der Waals surface area (Å²) >= 11 is 0. The first-order valence-corrected chi connectivity index (χ1v) is 7.59. The minimum atomic E-state index is -0.586. The maximum absolute atomic E-state index is 13.3. The Kier molecular flexibility index (Phi) is 5.11. The third kappa shape index (κ3) is 4.47. The van der Waals surface area contributed by atoms with E-state index in [0.29, 0.717) is 16.5 Å². The zero-order chi connectivity index (χ0) is 17.9. The number of aromatic nitrogens is 1. The molecule has 0 atom stereocenters. The number of carbonyl (C=O) groups excluding carboxylic acids is 2. The molecule has 1 amide bonds. The lowest BCUT2D eigenvalue weighted by Gasteiger charge is -2.19. The number of H-pyrrole nitrogens is 1. The molecule has 0 saturated heterocycles. The summed E-state index contributed by atoms with van der Waals surface area (Å²) in [6, 6.07) is 4.25. The number of nitrogens with one attached hydrogen (secondary N) is 2. The first-order chi connectivity index (χ1) is 11.2. The predicted molar refractivity (Wildman–Crippen MR) is 87.5 cm³/mol. The number of halogens is 1. The van der Waals surface area contributed by atoms with Crippen LogP contribution in [0.25, 0.3) is 10.9 Å². The number of aromatic amines is 1. The summed E-state index contributed by atoms with van der Waals surface area (Å²) in [4.78, 5) is 26.5. The van der Waals surface area contributed by atoms with Crippen molar-refractivity contribution in [1.29, 1.82) is 0 Å². The average molecular weight is 336 g/mol. The molecule has 0 aliphatic rings. The zero-order valence-electron chi connectivity index (χ0n) is 14.2. The lowest BCUT2D eigenvalue weighted by Crippen LogP contribution is -2.34. The van der Waals surface area contributed by atoms with E-state index in [-0.39, 0.29) is 24.7 Å². The summed E-state index contributed by atoms with van der Waals surface area (Å²) in [5, 5.41) is 3.13. The highest BCUT2D eigenvalue weighted by Gasteiger charge is 2.18. The molecule has 0 radical (unpaired) electrons. The summed E-state index contributed by atoms with van der Waals surface area (Å²) in [5.74, 6) is -0.929. The molecule has 2 rings (SSSR count). The number of carbonyl (C=O) groups is 2. The van der Waals surface area contributed by atoms with Crippen LogP contribution in [0.5, 0.6) is 0 Å². The fraction of sp³-hybridized carbons (Fsp3) is 0.412. The maximum atomic E-state index is 13.3. The van der Waals surface area contributed by atoms with Gasteiger partial charge in [0.05, 0.1) is 6.54 Å². The van der Waals surface area contributed by atoms with Gasteiger partial charge in [-0.15, -0.1) is 0 Å². The molecule has 0 unspecified atom stereocenters. The summed E-state index contributed by atoms with van der Waals surface area (Å²) < 4.78 is 23.5. The fourth-order valence-corrected chi connectivity index (χ4v) is 2.19. The Labute approximate surface area is 139 Å². The molecule has 2 aromatic rings. The summed E-state index contributed by atoms with van der Waals surface area (Å²) in [5.41, 5.74) is 0.965. The van der Waals surface area contributed by atoms with Gasteiger partial charge >= 0.3 is 12.1 Å². The van der Waals surface area contributed by atoms with Gasteiger partial charge in [-0.2, -0.15) is 0 Å². The van der Waals surface area contributed by atoms with Crippen molar-refractivity contribution in [2.75, 3.05) is 13.2 Å². The van der Waals surface area contributed by atoms with Gasteiger partial charge in [0.25, 0.3) is 0 Å². The molecule has 0 saturated carbocycles. The second-order valence-corrected chi connectivity index (χ2v) is 6.38. The molecular weight excluding hydrogens is 315 g/mol. The second kappa shape index (κ2) is 6.90. The molecule has 7 heteroatoms. The third-order valence-corrected chi connectivity index (χ3v) is 3.23. The van der Waals surface area contributed by atoms with E-state index in [0.717, 1.165) is 0 Å². The summed E-state index contributed by atoms with van der Waals surface area (Å²) in [6.07, 6.45) is -0.573. The van der Waals surface area contributed by atoms with Crippen molar-refractivity contribution < 1.29 is 23.5 Å². The summed E-state index contributed by atoms with van der Waals surface area (Å²) in [7, 11) is 0. The molecule has 6 nitrogen and oxygen atoms in total. The van der Waals surface area contributed by atoms with Crippen molar-refractivity contribution >= 4 is 23.0 Å². The summed E-state index contributed by atoms with van der Waals surface area (Å²) in [6.45, 7) is 7.12. The second-order valence-electron chi connectivity index (χ2n) is 6.38. The lowest BCUT2D eigenvalue weighted by molar-refractivity contribution is 0.0430. The first kappa shape index (κ1) is 17.8. The van der Waals surface area contributed by atoms with Crippen LogP contribution in [0.2, 0.25) is 0 Å². The number of fused-ring (bicyclic) bond motifs is 1. The van der Waals surface area contributed by atoms with E-state index in [1.54, 1.807) is 33.8 Å². The van der Waals surface area contributed by atoms with Crippen LogP contribution in [0.4, 0.5) is 9.18 Å². The van der Waals surface area contributed by atoms with Crippen LogP contribution < -0.4 is 5.32 Å². The number of aryl methyl sites for hydroxylation is 1. The normalized spacial score (nSPS) is 11.4. The molecule has 0 bridgehead atoms. The van der Waals surface area contributed by atoms with Crippen LogP contribution in [0.15, 0.2) is 18.2 Å². The quantitative estimate of drug-likeness (QED) is 0.663. The Morgan fingerprint density at radius 2 is 2.00 bits per heavy atom. The smallest absolute Gasteiger partial charge is 0.407 e. The number of amides is 1. The van der Waals surface area contributed by atoms with Crippen LogP contribution in [-0.2, 0) is 9.47 Å². The largest absolute Gasteiger partial charge is 0.459 e. The molecule has 0 aliphatic heterocycles. The van der Waals surface area contributed by atoms with E-state index in [2.05, 4.69) is 10.3 Å². The van der Waals surface area contributed by atoms with Crippen molar-refractivity contribution in [3.63, 3.8) is 0 Å².